The zero-order valence-corrected chi connectivity index (χ0v) is 22.6. The van der Waals surface area contributed by atoms with E-state index in [0.717, 1.165) is 34.2 Å². The van der Waals surface area contributed by atoms with E-state index in [1.54, 1.807) is 18.2 Å². The second kappa shape index (κ2) is 11.7. The summed E-state index contributed by atoms with van der Waals surface area (Å²) >= 11 is 12.6. The van der Waals surface area contributed by atoms with Gasteiger partial charge >= 0.3 is 0 Å². The fraction of sp³-hybridized carbons (Fsp3) is 0.161. The molecule has 0 atom stereocenters. The predicted octanol–water partition coefficient (Wildman–Crippen LogP) is 8.73. The molecule has 2 aromatic heterocycles. The molecule has 3 aromatic carbocycles. The molecule has 38 heavy (non-hydrogen) atoms. The van der Waals surface area contributed by atoms with Crippen molar-refractivity contribution < 1.29 is 13.9 Å². The SMILES string of the molecule is CCc1c(OCc2ccccc2)nc(OCc2ccccc2)c(C=Cc2nc3c(Cl)ccc(Cl)c3o2)c1C. The van der Waals surface area contributed by atoms with Gasteiger partial charge in [-0.05, 0) is 48.2 Å². The predicted molar refractivity (Wildman–Crippen MR) is 153 cm³/mol. The molecule has 0 spiro atoms. The van der Waals surface area contributed by atoms with Crippen LogP contribution in [0.2, 0.25) is 10.0 Å². The Morgan fingerprint density at radius 2 is 1.37 bits per heavy atom. The molecule has 0 amide bonds. The number of oxazole rings is 1. The smallest absolute Gasteiger partial charge is 0.224 e. The van der Waals surface area contributed by atoms with Gasteiger partial charge < -0.3 is 13.9 Å². The normalized spacial score (nSPS) is 11.4. The van der Waals surface area contributed by atoms with Crippen LogP contribution in [0, 0.1) is 6.92 Å². The number of pyridine rings is 1. The molecule has 0 aliphatic carbocycles. The Labute approximate surface area is 231 Å². The molecule has 5 nitrogen and oxygen atoms in total. The van der Waals surface area contributed by atoms with Crippen molar-refractivity contribution in [3.63, 3.8) is 0 Å². The molecule has 0 saturated heterocycles. The Balaban J connectivity index is 1.52. The quantitative estimate of drug-likeness (QED) is 0.185. The van der Waals surface area contributed by atoms with Crippen molar-refractivity contribution in [2.24, 2.45) is 0 Å². The van der Waals surface area contributed by atoms with E-state index < -0.39 is 0 Å². The summed E-state index contributed by atoms with van der Waals surface area (Å²) < 4.78 is 18.3. The molecule has 0 bridgehead atoms. The molecule has 0 saturated carbocycles. The summed E-state index contributed by atoms with van der Waals surface area (Å²) in [5, 5.41) is 0.931. The van der Waals surface area contributed by atoms with Crippen LogP contribution in [0.25, 0.3) is 23.3 Å². The topological polar surface area (TPSA) is 57.4 Å². The number of halogens is 2. The maximum atomic E-state index is 6.29. The van der Waals surface area contributed by atoms with Gasteiger partial charge in [0, 0.05) is 17.2 Å². The largest absolute Gasteiger partial charge is 0.473 e. The highest BCUT2D eigenvalue weighted by Crippen LogP contribution is 2.34. The first-order valence-corrected chi connectivity index (χ1v) is 13.1. The summed E-state index contributed by atoms with van der Waals surface area (Å²) in [6.45, 7) is 4.91. The zero-order valence-electron chi connectivity index (χ0n) is 21.1. The van der Waals surface area contributed by atoms with Crippen molar-refractivity contribution in [2.75, 3.05) is 0 Å². The van der Waals surface area contributed by atoms with Crippen LogP contribution in [0.3, 0.4) is 0 Å². The lowest BCUT2D eigenvalue weighted by Crippen LogP contribution is -2.07. The molecule has 5 rings (SSSR count). The van der Waals surface area contributed by atoms with Crippen molar-refractivity contribution in [3.05, 3.63) is 117 Å². The van der Waals surface area contributed by atoms with Crippen molar-refractivity contribution in [3.8, 4) is 11.8 Å². The van der Waals surface area contributed by atoms with Crippen LogP contribution < -0.4 is 9.47 Å². The summed E-state index contributed by atoms with van der Waals surface area (Å²) in [5.41, 5.74) is 5.92. The summed E-state index contributed by atoms with van der Waals surface area (Å²) in [6, 6.07) is 23.4. The third-order valence-corrected chi connectivity index (χ3v) is 6.80. The molecular weight excluding hydrogens is 519 g/mol. The van der Waals surface area contributed by atoms with Gasteiger partial charge in [-0.2, -0.15) is 4.98 Å². The van der Waals surface area contributed by atoms with Gasteiger partial charge in [0.05, 0.1) is 10.0 Å². The highest BCUT2D eigenvalue weighted by molar-refractivity contribution is 6.39. The minimum atomic E-state index is 0.367. The average Bonchev–Trinajstić information content (AvgIpc) is 3.39. The van der Waals surface area contributed by atoms with E-state index in [-0.39, 0.29) is 0 Å². The number of aromatic nitrogens is 2. The Morgan fingerprint density at radius 3 is 1.97 bits per heavy atom. The molecule has 0 fully saturated rings. The van der Waals surface area contributed by atoms with Crippen molar-refractivity contribution in [2.45, 2.75) is 33.5 Å². The van der Waals surface area contributed by atoms with E-state index in [2.05, 4.69) is 11.9 Å². The number of hydrogen-bond donors (Lipinski definition) is 0. The lowest BCUT2D eigenvalue weighted by Gasteiger charge is -2.18. The third kappa shape index (κ3) is 5.69. The Morgan fingerprint density at radius 1 is 0.763 bits per heavy atom. The van der Waals surface area contributed by atoms with Crippen molar-refractivity contribution in [1.82, 2.24) is 9.97 Å². The molecule has 0 aliphatic heterocycles. The van der Waals surface area contributed by atoms with Crippen LogP contribution in [0.4, 0.5) is 0 Å². The van der Waals surface area contributed by atoms with Gasteiger partial charge in [-0.15, -0.1) is 0 Å². The van der Waals surface area contributed by atoms with Crippen molar-refractivity contribution >= 4 is 46.5 Å². The standard InChI is InChI=1S/C31H26Cl2N2O3/c1-3-23-20(2)24(14-17-27-34-28-25(32)15-16-26(33)29(28)38-27)31(37-19-22-12-8-5-9-13-22)35-30(23)36-18-21-10-6-4-7-11-21/h4-17H,3,18-19H2,1-2H3. The fourth-order valence-electron chi connectivity index (χ4n) is 4.18. The summed E-state index contributed by atoms with van der Waals surface area (Å²) in [4.78, 5) is 9.34. The molecule has 0 aliphatic rings. The molecule has 192 valence electrons. The van der Waals surface area contributed by atoms with E-state index in [1.807, 2.05) is 73.7 Å². The molecule has 0 N–H and O–H groups in total. The Hall–Kier alpha value is -3.80. The van der Waals surface area contributed by atoms with Gasteiger partial charge in [0.1, 0.15) is 18.7 Å². The van der Waals surface area contributed by atoms with E-state index >= 15 is 0 Å². The lowest BCUT2D eigenvalue weighted by atomic mass is 10.0. The highest BCUT2D eigenvalue weighted by Gasteiger charge is 2.18. The summed E-state index contributed by atoms with van der Waals surface area (Å²) in [6.07, 6.45) is 4.42. The van der Waals surface area contributed by atoms with Gasteiger partial charge in [0.25, 0.3) is 0 Å². The summed E-state index contributed by atoms with van der Waals surface area (Å²) in [7, 11) is 0. The average molecular weight is 545 g/mol. The minimum absolute atomic E-state index is 0.367. The van der Waals surface area contributed by atoms with Crippen LogP contribution in [-0.2, 0) is 19.6 Å². The van der Waals surface area contributed by atoms with Gasteiger partial charge in [-0.25, -0.2) is 4.98 Å². The van der Waals surface area contributed by atoms with E-state index in [0.29, 0.717) is 52.0 Å². The van der Waals surface area contributed by atoms with E-state index in [4.69, 9.17) is 42.1 Å². The molecule has 2 heterocycles. The lowest BCUT2D eigenvalue weighted by molar-refractivity contribution is 0.264. The van der Waals surface area contributed by atoms with Crippen LogP contribution >= 0.6 is 23.2 Å². The molecule has 5 aromatic rings. The monoisotopic (exact) mass is 544 g/mol. The molecule has 0 radical (unpaired) electrons. The number of nitrogens with zero attached hydrogens (tertiary/aromatic N) is 2. The maximum absolute atomic E-state index is 6.29. The first-order valence-electron chi connectivity index (χ1n) is 12.3. The first kappa shape index (κ1) is 25.8. The minimum Gasteiger partial charge on any atom is -0.473 e. The van der Waals surface area contributed by atoms with Crippen LogP contribution in [-0.4, -0.2) is 9.97 Å². The fourth-order valence-corrected chi connectivity index (χ4v) is 4.57. The second-order valence-corrected chi connectivity index (χ2v) is 9.55. The number of rotatable bonds is 9. The second-order valence-electron chi connectivity index (χ2n) is 8.73. The Bertz CT molecular complexity index is 1540. The van der Waals surface area contributed by atoms with Crippen LogP contribution in [0.5, 0.6) is 11.8 Å². The molecular formula is C31H26Cl2N2O3. The number of ether oxygens (including phenoxy) is 2. The van der Waals surface area contributed by atoms with E-state index in [9.17, 15) is 0 Å². The van der Waals surface area contributed by atoms with Gasteiger partial charge in [0.15, 0.2) is 5.58 Å². The van der Waals surface area contributed by atoms with Crippen LogP contribution in [0.15, 0.2) is 77.2 Å². The van der Waals surface area contributed by atoms with E-state index in [1.165, 1.54) is 0 Å². The molecule has 7 heteroatoms. The molecule has 0 unspecified atom stereocenters. The summed E-state index contributed by atoms with van der Waals surface area (Å²) in [5.74, 6) is 1.41. The highest BCUT2D eigenvalue weighted by atomic mass is 35.5. The maximum Gasteiger partial charge on any atom is 0.224 e. The number of fused-ring (bicyclic) bond motifs is 1. The van der Waals surface area contributed by atoms with Gasteiger partial charge in [0.2, 0.25) is 17.7 Å². The number of hydrogen-bond acceptors (Lipinski definition) is 5. The Kier molecular flexibility index (Phi) is 7.97. The van der Waals surface area contributed by atoms with Gasteiger partial charge in [-0.3, -0.25) is 0 Å². The van der Waals surface area contributed by atoms with Gasteiger partial charge in [-0.1, -0.05) is 90.8 Å². The third-order valence-electron chi connectivity index (χ3n) is 6.19. The van der Waals surface area contributed by atoms with Crippen LogP contribution in [0.1, 0.15) is 40.6 Å². The van der Waals surface area contributed by atoms with Crippen molar-refractivity contribution in [1.29, 1.82) is 0 Å². The zero-order chi connectivity index (χ0) is 26.5. The first-order chi connectivity index (χ1) is 18.5. The number of benzene rings is 3.